The van der Waals surface area contributed by atoms with Crippen LogP contribution in [0.5, 0.6) is 5.75 Å². The van der Waals surface area contributed by atoms with E-state index in [9.17, 15) is 0 Å². The molecule has 0 aliphatic carbocycles. The smallest absolute Gasteiger partial charge is 0.125 e. The van der Waals surface area contributed by atoms with Gasteiger partial charge in [-0.2, -0.15) is 0 Å². The summed E-state index contributed by atoms with van der Waals surface area (Å²) in [6.07, 6.45) is 1.76. The predicted molar refractivity (Wildman–Crippen MR) is 73.8 cm³/mol. The minimum atomic E-state index is -0.0104. The lowest BCUT2D eigenvalue weighted by molar-refractivity contribution is 0.265. The van der Waals surface area contributed by atoms with Gasteiger partial charge in [-0.3, -0.25) is 0 Å². The van der Waals surface area contributed by atoms with Crippen LogP contribution in [-0.4, -0.2) is 12.6 Å². The van der Waals surface area contributed by atoms with Crippen molar-refractivity contribution in [3.63, 3.8) is 0 Å². The van der Waals surface area contributed by atoms with Gasteiger partial charge in [0.25, 0.3) is 0 Å². The Labute approximate surface area is 109 Å². The molecule has 0 saturated heterocycles. The first-order chi connectivity index (χ1) is 8.08. The van der Waals surface area contributed by atoms with Gasteiger partial charge in [-0.25, -0.2) is 0 Å². The Kier molecular flexibility index (Phi) is 5.52. The molecule has 1 aromatic carbocycles. The molecule has 0 fully saturated rings. The highest BCUT2D eigenvalue weighted by molar-refractivity contribution is 6.30. The third-order valence-electron chi connectivity index (χ3n) is 2.59. The maximum absolute atomic E-state index is 6.03. The maximum atomic E-state index is 6.03. The van der Waals surface area contributed by atoms with Crippen molar-refractivity contribution in [2.24, 2.45) is 0 Å². The standard InChI is InChI=1S/C14H20ClNO/c1-5-10(3)17-14-8-7-12(15)9-13(14)11(4)16-6-2/h5,7-11,16H,1,6H2,2-4H3. The van der Waals surface area contributed by atoms with Crippen molar-refractivity contribution in [2.75, 3.05) is 6.54 Å². The number of hydrogen-bond donors (Lipinski definition) is 1. The van der Waals surface area contributed by atoms with Gasteiger partial charge in [-0.15, -0.1) is 0 Å². The van der Waals surface area contributed by atoms with Crippen LogP contribution in [0.3, 0.4) is 0 Å². The molecule has 0 aromatic heterocycles. The van der Waals surface area contributed by atoms with Crippen LogP contribution in [0.1, 0.15) is 32.4 Å². The summed E-state index contributed by atoms with van der Waals surface area (Å²) >= 11 is 6.03. The molecule has 94 valence electrons. The SMILES string of the molecule is C=CC(C)Oc1ccc(Cl)cc1C(C)NCC. The Bertz CT molecular complexity index is 378. The monoisotopic (exact) mass is 253 g/mol. The molecule has 1 aromatic rings. The summed E-state index contributed by atoms with van der Waals surface area (Å²) in [5.74, 6) is 0.857. The summed E-state index contributed by atoms with van der Waals surface area (Å²) in [4.78, 5) is 0. The van der Waals surface area contributed by atoms with Crippen LogP contribution in [0.4, 0.5) is 0 Å². The average Bonchev–Trinajstić information content (AvgIpc) is 2.31. The zero-order valence-corrected chi connectivity index (χ0v) is 11.4. The van der Waals surface area contributed by atoms with Crippen molar-refractivity contribution in [1.82, 2.24) is 5.32 Å². The summed E-state index contributed by atoms with van der Waals surface area (Å²) in [5.41, 5.74) is 1.08. The first-order valence-corrected chi connectivity index (χ1v) is 6.28. The van der Waals surface area contributed by atoms with Crippen LogP contribution in [-0.2, 0) is 0 Å². The molecule has 0 heterocycles. The van der Waals surface area contributed by atoms with Gasteiger partial charge < -0.3 is 10.1 Å². The van der Waals surface area contributed by atoms with Crippen molar-refractivity contribution >= 4 is 11.6 Å². The lowest BCUT2D eigenvalue weighted by atomic mass is 10.1. The van der Waals surface area contributed by atoms with E-state index in [2.05, 4.69) is 25.7 Å². The molecule has 1 rings (SSSR count). The molecule has 0 aliphatic heterocycles. The first kappa shape index (κ1) is 14.1. The highest BCUT2D eigenvalue weighted by Gasteiger charge is 2.12. The largest absolute Gasteiger partial charge is 0.486 e. The first-order valence-electron chi connectivity index (χ1n) is 5.90. The zero-order valence-electron chi connectivity index (χ0n) is 10.7. The molecule has 17 heavy (non-hydrogen) atoms. The van der Waals surface area contributed by atoms with E-state index in [1.165, 1.54) is 0 Å². The summed E-state index contributed by atoms with van der Waals surface area (Å²) in [6.45, 7) is 10.8. The number of nitrogens with one attached hydrogen (secondary N) is 1. The molecule has 2 nitrogen and oxygen atoms in total. The van der Waals surface area contributed by atoms with Gasteiger partial charge in [-0.05, 0) is 38.6 Å². The van der Waals surface area contributed by atoms with Gasteiger partial charge in [-0.1, -0.05) is 31.2 Å². The predicted octanol–water partition coefficient (Wildman–Crippen LogP) is 3.96. The van der Waals surface area contributed by atoms with Crippen LogP contribution < -0.4 is 10.1 Å². The fourth-order valence-corrected chi connectivity index (χ4v) is 1.81. The average molecular weight is 254 g/mol. The van der Waals surface area contributed by atoms with E-state index in [1.807, 2.05) is 25.1 Å². The van der Waals surface area contributed by atoms with E-state index in [0.29, 0.717) is 0 Å². The van der Waals surface area contributed by atoms with Crippen LogP contribution in [0, 0.1) is 0 Å². The van der Waals surface area contributed by atoms with Crippen molar-refractivity contribution in [1.29, 1.82) is 0 Å². The minimum absolute atomic E-state index is 0.0104. The summed E-state index contributed by atoms with van der Waals surface area (Å²) in [5, 5.41) is 4.08. The fourth-order valence-electron chi connectivity index (χ4n) is 1.63. The topological polar surface area (TPSA) is 21.3 Å². The Balaban J connectivity index is 2.98. The second kappa shape index (κ2) is 6.67. The Hall–Kier alpha value is -0.990. The van der Waals surface area contributed by atoms with Crippen molar-refractivity contribution in [3.05, 3.63) is 41.4 Å². The number of halogens is 1. The Morgan fingerprint density at radius 3 is 2.76 bits per heavy atom. The normalized spacial score (nSPS) is 14.1. The molecule has 2 unspecified atom stereocenters. The van der Waals surface area contributed by atoms with E-state index >= 15 is 0 Å². The van der Waals surface area contributed by atoms with Crippen LogP contribution in [0.25, 0.3) is 0 Å². The molecule has 2 atom stereocenters. The lowest BCUT2D eigenvalue weighted by Crippen LogP contribution is -2.19. The van der Waals surface area contributed by atoms with Gasteiger partial charge in [0.15, 0.2) is 0 Å². The van der Waals surface area contributed by atoms with Crippen molar-refractivity contribution in [2.45, 2.75) is 32.9 Å². The molecule has 0 aliphatic rings. The van der Waals surface area contributed by atoms with E-state index in [4.69, 9.17) is 16.3 Å². The number of rotatable bonds is 6. The third-order valence-corrected chi connectivity index (χ3v) is 2.83. The minimum Gasteiger partial charge on any atom is -0.486 e. The third kappa shape index (κ3) is 4.06. The second-order valence-corrected chi connectivity index (χ2v) is 4.46. The molecule has 0 saturated carbocycles. The fraction of sp³-hybridized carbons (Fsp3) is 0.429. The van der Waals surface area contributed by atoms with Gasteiger partial charge in [0.1, 0.15) is 11.9 Å². The molecule has 0 radical (unpaired) electrons. The summed E-state index contributed by atoms with van der Waals surface area (Å²) in [6, 6.07) is 5.91. The molecular formula is C14H20ClNO. The number of ether oxygens (including phenoxy) is 1. The maximum Gasteiger partial charge on any atom is 0.125 e. The van der Waals surface area contributed by atoms with Crippen molar-refractivity contribution in [3.8, 4) is 5.75 Å². The van der Waals surface area contributed by atoms with Gasteiger partial charge >= 0.3 is 0 Å². The van der Waals surface area contributed by atoms with E-state index in [0.717, 1.165) is 22.9 Å². The molecule has 0 amide bonds. The van der Waals surface area contributed by atoms with Gasteiger partial charge in [0.2, 0.25) is 0 Å². The number of hydrogen-bond acceptors (Lipinski definition) is 2. The van der Waals surface area contributed by atoms with E-state index < -0.39 is 0 Å². The van der Waals surface area contributed by atoms with Gasteiger partial charge in [0.05, 0.1) is 0 Å². The summed E-state index contributed by atoms with van der Waals surface area (Å²) in [7, 11) is 0. The molecule has 1 N–H and O–H groups in total. The van der Waals surface area contributed by atoms with Crippen LogP contribution >= 0.6 is 11.6 Å². The Morgan fingerprint density at radius 1 is 1.47 bits per heavy atom. The second-order valence-electron chi connectivity index (χ2n) is 4.02. The number of benzene rings is 1. The molecule has 0 spiro atoms. The van der Waals surface area contributed by atoms with E-state index in [1.54, 1.807) is 6.08 Å². The zero-order chi connectivity index (χ0) is 12.8. The lowest BCUT2D eigenvalue weighted by Gasteiger charge is -2.19. The van der Waals surface area contributed by atoms with Crippen molar-refractivity contribution < 1.29 is 4.74 Å². The molecular weight excluding hydrogens is 234 g/mol. The molecule has 3 heteroatoms. The quantitative estimate of drug-likeness (QED) is 0.775. The van der Waals surface area contributed by atoms with Crippen LogP contribution in [0.15, 0.2) is 30.9 Å². The highest BCUT2D eigenvalue weighted by atomic mass is 35.5. The van der Waals surface area contributed by atoms with Gasteiger partial charge in [0, 0.05) is 16.6 Å². The van der Waals surface area contributed by atoms with E-state index in [-0.39, 0.29) is 12.1 Å². The highest BCUT2D eigenvalue weighted by Crippen LogP contribution is 2.29. The summed E-state index contributed by atoms with van der Waals surface area (Å²) < 4.78 is 5.80. The molecule has 0 bridgehead atoms. The van der Waals surface area contributed by atoms with Crippen LogP contribution in [0.2, 0.25) is 5.02 Å². The Morgan fingerprint density at radius 2 is 2.18 bits per heavy atom.